The van der Waals surface area contributed by atoms with Crippen LogP contribution in [-0.4, -0.2) is 45.2 Å². The summed E-state index contributed by atoms with van der Waals surface area (Å²) in [4.78, 5) is 18.9. The van der Waals surface area contributed by atoms with Crippen molar-refractivity contribution < 1.29 is 4.79 Å². The molecule has 0 bridgehead atoms. The number of benzene rings is 1. The molecule has 1 fully saturated rings. The second-order valence-corrected chi connectivity index (χ2v) is 7.51. The molecular weight excluding hydrogens is 364 g/mol. The highest BCUT2D eigenvalue weighted by molar-refractivity contribution is 5.96. The third-order valence-corrected chi connectivity index (χ3v) is 5.48. The van der Waals surface area contributed by atoms with Gasteiger partial charge in [-0.15, -0.1) is 0 Å². The van der Waals surface area contributed by atoms with E-state index in [1.807, 2.05) is 0 Å². The van der Waals surface area contributed by atoms with Crippen molar-refractivity contribution in [1.82, 2.24) is 25.0 Å². The summed E-state index contributed by atoms with van der Waals surface area (Å²) in [5.41, 5.74) is 4.41. The summed E-state index contributed by atoms with van der Waals surface area (Å²) < 4.78 is 2.08. The Morgan fingerprint density at radius 2 is 2.07 bits per heavy atom. The first-order valence-corrected chi connectivity index (χ1v) is 9.96. The quantitative estimate of drug-likeness (QED) is 0.518. The Morgan fingerprint density at radius 3 is 2.86 bits per heavy atom. The van der Waals surface area contributed by atoms with Crippen LogP contribution >= 0.6 is 0 Å². The zero-order valence-corrected chi connectivity index (χ0v) is 16.6. The number of carbonyl (C=O) groups is 1. The number of hydrogen-bond acceptors (Lipinski definition) is 5. The van der Waals surface area contributed by atoms with Crippen molar-refractivity contribution in [3.05, 3.63) is 59.0 Å². The lowest BCUT2D eigenvalue weighted by Crippen LogP contribution is -2.24. The van der Waals surface area contributed by atoms with Crippen LogP contribution < -0.4 is 5.32 Å². The summed E-state index contributed by atoms with van der Waals surface area (Å²) in [7, 11) is 0. The van der Waals surface area contributed by atoms with Crippen molar-refractivity contribution in [2.75, 3.05) is 19.6 Å². The fourth-order valence-electron chi connectivity index (χ4n) is 3.99. The highest BCUT2D eigenvalue weighted by Gasteiger charge is 2.17. The number of fused-ring (bicyclic) bond motifs is 1. The Balaban J connectivity index is 1.66. The van der Waals surface area contributed by atoms with Crippen LogP contribution in [0, 0.1) is 18.4 Å². The van der Waals surface area contributed by atoms with Crippen LogP contribution in [0.2, 0.25) is 0 Å². The molecule has 7 heteroatoms. The van der Waals surface area contributed by atoms with Gasteiger partial charge in [-0.1, -0.05) is 11.6 Å². The van der Waals surface area contributed by atoms with Crippen molar-refractivity contribution in [1.29, 1.82) is 5.26 Å². The number of rotatable bonds is 6. The molecule has 1 aliphatic heterocycles. The Kier molecular flexibility index (Phi) is 5.54. The predicted octanol–water partition coefficient (Wildman–Crippen LogP) is 2.64. The first-order chi connectivity index (χ1) is 14.2. The van der Waals surface area contributed by atoms with Gasteiger partial charge < -0.3 is 4.90 Å². The third-order valence-electron chi connectivity index (χ3n) is 5.48. The van der Waals surface area contributed by atoms with Crippen molar-refractivity contribution in [2.24, 2.45) is 0 Å². The van der Waals surface area contributed by atoms with E-state index in [0.717, 1.165) is 48.3 Å². The minimum Gasteiger partial charge on any atom is -0.301 e. The van der Waals surface area contributed by atoms with Gasteiger partial charge in [0.15, 0.2) is 6.19 Å². The molecule has 0 unspecified atom stereocenters. The van der Waals surface area contributed by atoms with E-state index in [1.54, 1.807) is 24.7 Å². The molecule has 3 aromatic rings. The van der Waals surface area contributed by atoms with Gasteiger partial charge in [0, 0.05) is 36.3 Å². The molecule has 1 saturated heterocycles. The van der Waals surface area contributed by atoms with E-state index in [2.05, 4.69) is 45.0 Å². The van der Waals surface area contributed by atoms with E-state index in [4.69, 9.17) is 10.4 Å². The second kappa shape index (κ2) is 8.41. The highest BCUT2D eigenvalue weighted by Crippen LogP contribution is 2.24. The Labute approximate surface area is 170 Å². The summed E-state index contributed by atoms with van der Waals surface area (Å²) in [5, 5.41) is 17.0. The first kappa shape index (κ1) is 19.1. The van der Waals surface area contributed by atoms with Crippen LogP contribution in [-0.2, 0) is 13.0 Å². The fraction of sp³-hybridized carbons (Fsp3) is 0.364. The standard InChI is InChI=1S/C22H24N6O/c1-16-4-5-21-19(12-16)20(26-28(21)11-10-27-8-2-3-9-27)13-17-14-24-7-6-18(17)22(29)25-15-23/h4-7,12,14H,2-3,8-11,13H2,1H3,(H,25,29). The van der Waals surface area contributed by atoms with Gasteiger partial charge in [-0.3, -0.25) is 19.8 Å². The molecule has 29 heavy (non-hydrogen) atoms. The van der Waals surface area contributed by atoms with Crippen molar-refractivity contribution in [2.45, 2.75) is 32.7 Å². The number of hydrogen-bond donors (Lipinski definition) is 1. The Hall–Kier alpha value is -3.24. The molecule has 1 aliphatic rings. The lowest BCUT2D eigenvalue weighted by Gasteiger charge is -2.14. The summed E-state index contributed by atoms with van der Waals surface area (Å²) in [5.74, 6) is -0.418. The lowest BCUT2D eigenvalue weighted by atomic mass is 10.0. The minimum absolute atomic E-state index is 0.418. The summed E-state index contributed by atoms with van der Waals surface area (Å²) in [6, 6.07) is 8.02. The molecule has 0 radical (unpaired) electrons. The van der Waals surface area contributed by atoms with Gasteiger partial charge in [0.25, 0.3) is 5.91 Å². The largest absolute Gasteiger partial charge is 0.301 e. The van der Waals surface area contributed by atoms with E-state index in [0.29, 0.717) is 12.0 Å². The maximum absolute atomic E-state index is 12.2. The summed E-state index contributed by atoms with van der Waals surface area (Å²) in [6.45, 7) is 6.23. The van der Waals surface area contributed by atoms with Crippen LogP contribution in [0.4, 0.5) is 0 Å². The molecule has 0 atom stereocenters. The highest BCUT2D eigenvalue weighted by atomic mass is 16.1. The summed E-state index contributed by atoms with van der Waals surface area (Å²) in [6.07, 6.45) is 7.98. The van der Waals surface area contributed by atoms with Crippen LogP contribution in [0.1, 0.15) is 40.0 Å². The number of aromatic nitrogens is 3. The Morgan fingerprint density at radius 1 is 1.24 bits per heavy atom. The minimum atomic E-state index is -0.418. The number of likely N-dealkylation sites (tertiary alicyclic amines) is 1. The van der Waals surface area contributed by atoms with Gasteiger partial charge in [0.05, 0.1) is 17.8 Å². The van der Waals surface area contributed by atoms with Crippen molar-refractivity contribution >= 4 is 16.8 Å². The normalized spacial score (nSPS) is 14.2. The molecule has 0 saturated carbocycles. The molecule has 148 valence electrons. The predicted molar refractivity (Wildman–Crippen MR) is 110 cm³/mol. The lowest BCUT2D eigenvalue weighted by molar-refractivity contribution is 0.0972. The monoisotopic (exact) mass is 388 g/mol. The van der Waals surface area contributed by atoms with Crippen LogP contribution in [0.15, 0.2) is 36.7 Å². The average Bonchev–Trinajstić information content (AvgIpc) is 3.35. The smallest absolute Gasteiger partial charge is 0.264 e. The molecule has 0 aliphatic carbocycles. The number of amides is 1. The topological polar surface area (TPSA) is 86.8 Å². The number of carbonyl (C=O) groups excluding carboxylic acids is 1. The van der Waals surface area contributed by atoms with Crippen LogP contribution in [0.3, 0.4) is 0 Å². The van der Waals surface area contributed by atoms with E-state index < -0.39 is 5.91 Å². The molecule has 1 aromatic carbocycles. The number of pyridine rings is 1. The molecule has 1 N–H and O–H groups in total. The van der Waals surface area contributed by atoms with Gasteiger partial charge in [0.2, 0.25) is 0 Å². The first-order valence-electron chi connectivity index (χ1n) is 9.96. The molecule has 0 spiro atoms. The van der Waals surface area contributed by atoms with Crippen LogP contribution in [0.5, 0.6) is 0 Å². The summed E-state index contributed by atoms with van der Waals surface area (Å²) >= 11 is 0. The zero-order chi connectivity index (χ0) is 20.2. The van der Waals surface area contributed by atoms with Gasteiger partial charge in [0.1, 0.15) is 0 Å². The van der Waals surface area contributed by atoms with Gasteiger partial charge in [-0.05, 0) is 56.6 Å². The van der Waals surface area contributed by atoms with Crippen molar-refractivity contribution in [3.63, 3.8) is 0 Å². The molecule has 1 amide bonds. The maximum atomic E-state index is 12.2. The molecule has 7 nitrogen and oxygen atoms in total. The third kappa shape index (κ3) is 4.13. The molecule has 4 rings (SSSR count). The van der Waals surface area contributed by atoms with E-state index in [9.17, 15) is 4.79 Å². The maximum Gasteiger partial charge on any atom is 0.264 e. The van der Waals surface area contributed by atoms with Crippen LogP contribution in [0.25, 0.3) is 10.9 Å². The van der Waals surface area contributed by atoms with Crippen molar-refractivity contribution in [3.8, 4) is 6.19 Å². The SMILES string of the molecule is Cc1ccc2c(c1)c(Cc1cnccc1C(=O)NC#N)nn2CCN1CCCC1. The fourth-order valence-corrected chi connectivity index (χ4v) is 3.99. The number of aryl methyl sites for hydroxylation is 1. The van der Waals surface area contributed by atoms with E-state index in [-0.39, 0.29) is 0 Å². The molecule has 2 aromatic heterocycles. The molecule has 3 heterocycles. The van der Waals surface area contributed by atoms with Gasteiger partial charge in [-0.25, -0.2) is 0 Å². The second-order valence-electron chi connectivity index (χ2n) is 7.51. The number of nitrogens with one attached hydrogen (secondary N) is 1. The van der Waals surface area contributed by atoms with Gasteiger partial charge >= 0.3 is 0 Å². The number of nitrogens with zero attached hydrogens (tertiary/aromatic N) is 5. The number of nitriles is 1. The van der Waals surface area contributed by atoms with Gasteiger partial charge in [-0.2, -0.15) is 10.4 Å². The van der Waals surface area contributed by atoms with E-state index in [1.165, 1.54) is 18.4 Å². The average molecular weight is 388 g/mol. The zero-order valence-electron chi connectivity index (χ0n) is 16.6. The van der Waals surface area contributed by atoms with E-state index >= 15 is 0 Å². The Bertz CT molecular complexity index is 1070. The molecular formula is C22H24N6O.